The molecule has 16 heavy (non-hydrogen) atoms. The van der Waals surface area contributed by atoms with Crippen LogP contribution in [0.3, 0.4) is 0 Å². The fourth-order valence-corrected chi connectivity index (χ4v) is 1.81. The molecule has 0 aliphatic rings. The number of carbonyl (C=O) groups is 1. The van der Waals surface area contributed by atoms with Gasteiger partial charge in [-0.3, -0.25) is 4.79 Å². The lowest BCUT2D eigenvalue weighted by Crippen LogP contribution is -2.20. The SMILES string of the molecule is CCOC(=O)C(Cl)Cc1cccc(Cl)c1C. The molecule has 88 valence electrons. The molecule has 0 radical (unpaired) electrons. The quantitative estimate of drug-likeness (QED) is 0.613. The first-order chi connectivity index (χ1) is 7.56. The number of hydrogen-bond acceptors (Lipinski definition) is 2. The first-order valence-corrected chi connectivity index (χ1v) is 5.92. The van der Waals surface area contributed by atoms with Gasteiger partial charge in [-0.2, -0.15) is 0 Å². The molecular formula is C12H14Cl2O2. The van der Waals surface area contributed by atoms with Gasteiger partial charge >= 0.3 is 5.97 Å². The minimum absolute atomic E-state index is 0.344. The molecule has 0 N–H and O–H groups in total. The van der Waals surface area contributed by atoms with Gasteiger partial charge in [-0.25, -0.2) is 0 Å². The zero-order valence-electron chi connectivity index (χ0n) is 9.30. The van der Waals surface area contributed by atoms with Gasteiger partial charge in [0.1, 0.15) is 5.38 Å². The standard InChI is InChI=1S/C12H14Cl2O2/c1-3-16-12(15)11(14)7-9-5-4-6-10(13)8(9)2/h4-6,11H,3,7H2,1-2H3. The molecule has 0 amide bonds. The minimum atomic E-state index is -0.655. The van der Waals surface area contributed by atoms with Crippen LogP contribution in [0.5, 0.6) is 0 Å². The smallest absolute Gasteiger partial charge is 0.324 e. The Labute approximate surface area is 106 Å². The average Bonchev–Trinajstić information content (AvgIpc) is 2.25. The molecule has 0 fully saturated rings. The van der Waals surface area contributed by atoms with Crippen LogP contribution >= 0.6 is 23.2 Å². The Morgan fingerprint density at radius 3 is 2.81 bits per heavy atom. The summed E-state index contributed by atoms with van der Waals surface area (Å²) in [5, 5.41) is 0.0299. The van der Waals surface area contributed by atoms with Crippen LogP contribution in [-0.4, -0.2) is 18.0 Å². The number of rotatable bonds is 4. The van der Waals surface area contributed by atoms with Gasteiger partial charge in [0.15, 0.2) is 0 Å². The maximum Gasteiger partial charge on any atom is 0.324 e. The van der Waals surface area contributed by atoms with Gasteiger partial charge in [-0.15, -0.1) is 11.6 Å². The maximum atomic E-state index is 11.4. The van der Waals surface area contributed by atoms with Crippen LogP contribution in [0.15, 0.2) is 18.2 Å². The Morgan fingerprint density at radius 1 is 1.50 bits per heavy atom. The van der Waals surface area contributed by atoms with Crippen molar-refractivity contribution in [2.75, 3.05) is 6.61 Å². The molecule has 0 saturated heterocycles. The second-order valence-corrected chi connectivity index (χ2v) is 4.38. The molecule has 1 rings (SSSR count). The van der Waals surface area contributed by atoms with Gasteiger partial charge < -0.3 is 4.74 Å². The van der Waals surface area contributed by atoms with E-state index >= 15 is 0 Å². The van der Waals surface area contributed by atoms with Crippen LogP contribution in [0, 0.1) is 6.92 Å². The number of benzene rings is 1. The van der Waals surface area contributed by atoms with E-state index in [4.69, 9.17) is 27.9 Å². The van der Waals surface area contributed by atoms with Gasteiger partial charge in [0.05, 0.1) is 6.61 Å². The summed E-state index contributed by atoms with van der Waals surface area (Å²) in [5.41, 5.74) is 1.93. The van der Waals surface area contributed by atoms with Gasteiger partial charge in [0.2, 0.25) is 0 Å². The molecular weight excluding hydrogens is 247 g/mol. The zero-order valence-corrected chi connectivity index (χ0v) is 10.8. The highest BCUT2D eigenvalue weighted by Gasteiger charge is 2.18. The number of carbonyl (C=O) groups excluding carboxylic acids is 1. The van der Waals surface area contributed by atoms with Crippen molar-refractivity contribution < 1.29 is 9.53 Å². The lowest BCUT2D eigenvalue weighted by molar-refractivity contribution is -0.142. The summed E-state index contributed by atoms with van der Waals surface area (Å²) < 4.78 is 4.84. The molecule has 0 aromatic heterocycles. The number of alkyl halides is 1. The summed E-state index contributed by atoms with van der Waals surface area (Å²) >= 11 is 11.9. The van der Waals surface area contributed by atoms with Crippen LogP contribution in [0.2, 0.25) is 5.02 Å². The third-order valence-electron chi connectivity index (χ3n) is 2.32. The Hall–Kier alpha value is -0.730. The molecule has 0 aliphatic carbocycles. The number of esters is 1. The van der Waals surface area contributed by atoms with Crippen LogP contribution in [0.25, 0.3) is 0 Å². The van der Waals surface area contributed by atoms with E-state index in [9.17, 15) is 4.79 Å². The van der Waals surface area contributed by atoms with Gasteiger partial charge in [0.25, 0.3) is 0 Å². The third kappa shape index (κ3) is 3.39. The Morgan fingerprint density at radius 2 is 2.19 bits per heavy atom. The van der Waals surface area contributed by atoms with E-state index in [0.29, 0.717) is 18.1 Å². The number of halogens is 2. The fraction of sp³-hybridized carbons (Fsp3) is 0.417. The van der Waals surface area contributed by atoms with Crippen LogP contribution in [0.1, 0.15) is 18.1 Å². The summed E-state index contributed by atoms with van der Waals surface area (Å²) in [4.78, 5) is 11.4. The minimum Gasteiger partial charge on any atom is -0.465 e. The molecule has 2 nitrogen and oxygen atoms in total. The topological polar surface area (TPSA) is 26.3 Å². The lowest BCUT2D eigenvalue weighted by atomic mass is 10.0. The van der Waals surface area contributed by atoms with Crippen molar-refractivity contribution in [1.82, 2.24) is 0 Å². The van der Waals surface area contributed by atoms with E-state index in [1.54, 1.807) is 6.92 Å². The monoisotopic (exact) mass is 260 g/mol. The van der Waals surface area contributed by atoms with Crippen LogP contribution in [-0.2, 0) is 16.0 Å². The third-order valence-corrected chi connectivity index (χ3v) is 3.06. The molecule has 1 unspecified atom stereocenters. The van der Waals surface area contributed by atoms with Crippen molar-refractivity contribution in [2.24, 2.45) is 0 Å². The van der Waals surface area contributed by atoms with Gasteiger partial charge in [0, 0.05) is 5.02 Å². The summed E-state index contributed by atoms with van der Waals surface area (Å²) in [6.45, 7) is 4.01. The second-order valence-electron chi connectivity index (χ2n) is 3.45. The largest absolute Gasteiger partial charge is 0.465 e. The molecule has 1 aromatic rings. The average molecular weight is 261 g/mol. The van der Waals surface area contributed by atoms with E-state index in [1.807, 2.05) is 25.1 Å². The predicted octanol–water partition coefficient (Wildman–Crippen LogP) is 3.36. The zero-order chi connectivity index (χ0) is 12.1. The summed E-state index contributed by atoms with van der Waals surface area (Å²) in [6.07, 6.45) is 0.437. The van der Waals surface area contributed by atoms with Crippen LogP contribution in [0.4, 0.5) is 0 Å². The highest BCUT2D eigenvalue weighted by atomic mass is 35.5. The molecule has 0 saturated carbocycles. The maximum absolute atomic E-state index is 11.4. The Kier molecular flexibility index (Phi) is 5.10. The van der Waals surface area contributed by atoms with Gasteiger partial charge in [-0.05, 0) is 37.5 Å². The van der Waals surface area contributed by atoms with E-state index in [0.717, 1.165) is 11.1 Å². The summed E-state index contributed by atoms with van der Waals surface area (Å²) in [5.74, 6) is -0.386. The highest BCUT2D eigenvalue weighted by Crippen LogP contribution is 2.21. The molecule has 4 heteroatoms. The number of hydrogen-bond donors (Lipinski definition) is 0. The summed E-state index contributed by atoms with van der Waals surface area (Å²) in [6, 6.07) is 5.57. The molecule has 1 aromatic carbocycles. The normalized spacial score (nSPS) is 12.2. The first kappa shape index (κ1) is 13.3. The Balaban J connectivity index is 2.73. The van der Waals surface area contributed by atoms with Crippen molar-refractivity contribution >= 4 is 29.2 Å². The van der Waals surface area contributed by atoms with E-state index in [2.05, 4.69) is 0 Å². The van der Waals surface area contributed by atoms with Crippen molar-refractivity contribution in [3.8, 4) is 0 Å². The van der Waals surface area contributed by atoms with E-state index in [1.165, 1.54) is 0 Å². The molecule has 0 heterocycles. The molecule has 1 atom stereocenters. The van der Waals surface area contributed by atoms with E-state index in [-0.39, 0.29) is 5.97 Å². The first-order valence-electron chi connectivity index (χ1n) is 5.11. The molecule has 0 aliphatic heterocycles. The second kappa shape index (κ2) is 6.12. The summed E-state index contributed by atoms with van der Waals surface area (Å²) in [7, 11) is 0. The van der Waals surface area contributed by atoms with Crippen molar-refractivity contribution in [2.45, 2.75) is 25.6 Å². The fourth-order valence-electron chi connectivity index (χ4n) is 1.38. The lowest BCUT2D eigenvalue weighted by Gasteiger charge is -2.11. The van der Waals surface area contributed by atoms with Crippen LogP contribution < -0.4 is 0 Å². The van der Waals surface area contributed by atoms with Crippen molar-refractivity contribution in [1.29, 1.82) is 0 Å². The van der Waals surface area contributed by atoms with E-state index < -0.39 is 5.38 Å². The molecule has 0 spiro atoms. The number of ether oxygens (including phenoxy) is 1. The highest BCUT2D eigenvalue weighted by molar-refractivity contribution is 6.31. The van der Waals surface area contributed by atoms with Gasteiger partial charge in [-0.1, -0.05) is 23.7 Å². The molecule has 0 bridgehead atoms. The van der Waals surface area contributed by atoms with Crippen molar-refractivity contribution in [3.05, 3.63) is 34.3 Å². The predicted molar refractivity (Wildman–Crippen MR) is 66.2 cm³/mol. The Bertz CT molecular complexity index is 377. The van der Waals surface area contributed by atoms with Crippen molar-refractivity contribution in [3.63, 3.8) is 0 Å².